The van der Waals surface area contributed by atoms with Crippen LogP contribution in [0.15, 0.2) is 35.1 Å². The van der Waals surface area contributed by atoms with Gasteiger partial charge in [0.15, 0.2) is 0 Å². The molecule has 2 N–H and O–H groups in total. The van der Waals surface area contributed by atoms with Crippen LogP contribution in [0, 0.1) is 6.92 Å². The maximum Gasteiger partial charge on any atom is 0.309 e. The van der Waals surface area contributed by atoms with Crippen LogP contribution < -0.4 is 5.56 Å². The predicted octanol–water partition coefficient (Wildman–Crippen LogP) is 0.874. The lowest BCUT2D eigenvalue weighted by Gasteiger charge is -2.09. The van der Waals surface area contributed by atoms with Gasteiger partial charge in [0.2, 0.25) is 0 Å². The Labute approximate surface area is 108 Å². The summed E-state index contributed by atoms with van der Waals surface area (Å²) in [6.07, 6.45) is -0.446. The van der Waals surface area contributed by atoms with Crippen molar-refractivity contribution in [1.82, 2.24) is 9.78 Å². The van der Waals surface area contributed by atoms with Crippen LogP contribution in [0.25, 0.3) is 5.69 Å². The molecule has 0 fully saturated rings. The van der Waals surface area contributed by atoms with Crippen LogP contribution in [0.2, 0.25) is 0 Å². The molecule has 0 radical (unpaired) electrons. The number of hydrogen-bond acceptors (Lipinski definition) is 4. The third-order valence-corrected chi connectivity index (χ3v) is 2.65. The first kappa shape index (κ1) is 12.8. The van der Waals surface area contributed by atoms with Crippen LogP contribution >= 0.6 is 0 Å². The molecule has 0 amide bonds. The average molecular weight is 260 g/mol. The highest BCUT2D eigenvalue weighted by Gasteiger charge is 2.13. The van der Waals surface area contributed by atoms with E-state index >= 15 is 0 Å². The van der Waals surface area contributed by atoms with Crippen LogP contribution in [0.1, 0.15) is 11.3 Å². The molecule has 2 rings (SSSR count). The molecule has 0 aliphatic rings. The van der Waals surface area contributed by atoms with Crippen molar-refractivity contribution in [2.75, 3.05) is 0 Å². The second-order valence-corrected chi connectivity index (χ2v) is 4.08. The van der Waals surface area contributed by atoms with E-state index in [9.17, 15) is 14.7 Å². The molecule has 6 heteroatoms. The van der Waals surface area contributed by atoms with Crippen molar-refractivity contribution in [1.29, 1.82) is 0 Å². The topological polar surface area (TPSA) is 92.4 Å². The van der Waals surface area contributed by atoms with Gasteiger partial charge in [-0.3, -0.25) is 9.59 Å². The normalized spacial score (nSPS) is 10.4. The van der Waals surface area contributed by atoms with Gasteiger partial charge < -0.3 is 10.2 Å². The van der Waals surface area contributed by atoms with Gasteiger partial charge >= 0.3 is 5.97 Å². The van der Waals surface area contributed by atoms with E-state index in [0.717, 1.165) is 16.3 Å². The maximum atomic E-state index is 11.8. The number of rotatable bonds is 3. The van der Waals surface area contributed by atoms with E-state index in [2.05, 4.69) is 5.10 Å². The van der Waals surface area contributed by atoms with E-state index in [4.69, 9.17) is 5.11 Å². The highest BCUT2D eigenvalue weighted by Crippen LogP contribution is 2.15. The summed E-state index contributed by atoms with van der Waals surface area (Å²) in [6, 6.07) is 8.05. The van der Waals surface area contributed by atoms with E-state index in [-0.39, 0.29) is 5.69 Å². The molecule has 0 aliphatic heterocycles. The molecule has 0 saturated heterocycles. The molecule has 0 saturated carbocycles. The van der Waals surface area contributed by atoms with Crippen molar-refractivity contribution in [3.63, 3.8) is 0 Å². The summed E-state index contributed by atoms with van der Waals surface area (Å²) in [5.74, 6) is -1.53. The summed E-state index contributed by atoms with van der Waals surface area (Å²) in [5, 5.41) is 22.2. The van der Waals surface area contributed by atoms with Gasteiger partial charge in [0, 0.05) is 6.07 Å². The molecular formula is C13H12N2O4. The third-order valence-electron chi connectivity index (χ3n) is 2.65. The molecule has 0 spiro atoms. The van der Waals surface area contributed by atoms with Gasteiger partial charge in [-0.05, 0) is 18.6 Å². The van der Waals surface area contributed by atoms with Crippen molar-refractivity contribution in [3.05, 3.63) is 51.9 Å². The molecule has 0 aliphatic carbocycles. The Morgan fingerprint density at radius 1 is 1.37 bits per heavy atom. The number of para-hydroxylation sites is 1. The zero-order valence-electron chi connectivity index (χ0n) is 10.2. The number of carboxylic acid groups (broad SMARTS) is 1. The van der Waals surface area contributed by atoms with Crippen molar-refractivity contribution in [2.24, 2.45) is 0 Å². The smallest absolute Gasteiger partial charge is 0.309 e. The summed E-state index contributed by atoms with van der Waals surface area (Å²) in [6.45, 7) is 1.81. The van der Waals surface area contributed by atoms with Crippen LogP contribution in [0.3, 0.4) is 0 Å². The van der Waals surface area contributed by atoms with Crippen LogP contribution in [-0.2, 0) is 11.2 Å². The van der Waals surface area contributed by atoms with Gasteiger partial charge in [-0.15, -0.1) is 0 Å². The van der Waals surface area contributed by atoms with Crippen molar-refractivity contribution in [3.8, 4) is 11.4 Å². The SMILES string of the molecule is Cc1ccccc1-n1nc(CC(=O)O)c(O)cc1=O. The number of aromatic hydroxyl groups is 1. The Bertz CT molecular complexity index is 691. The zero-order chi connectivity index (χ0) is 14.0. The van der Waals surface area contributed by atoms with E-state index < -0.39 is 23.7 Å². The van der Waals surface area contributed by atoms with E-state index in [1.165, 1.54) is 0 Å². The largest absolute Gasteiger partial charge is 0.506 e. The first-order valence-corrected chi connectivity index (χ1v) is 5.59. The number of carbonyl (C=O) groups is 1. The summed E-state index contributed by atoms with van der Waals surface area (Å²) < 4.78 is 1.09. The molecule has 19 heavy (non-hydrogen) atoms. The molecule has 98 valence electrons. The fourth-order valence-corrected chi connectivity index (χ4v) is 1.73. The fraction of sp³-hybridized carbons (Fsp3) is 0.154. The first-order valence-electron chi connectivity index (χ1n) is 5.59. The number of nitrogens with zero attached hydrogens (tertiary/aromatic N) is 2. The summed E-state index contributed by atoms with van der Waals surface area (Å²) in [4.78, 5) is 22.5. The summed E-state index contributed by atoms with van der Waals surface area (Å²) >= 11 is 0. The van der Waals surface area contributed by atoms with Crippen LogP contribution in [0.4, 0.5) is 0 Å². The number of aromatic nitrogens is 2. The highest BCUT2D eigenvalue weighted by molar-refractivity contribution is 5.70. The Balaban J connectivity index is 2.61. The monoisotopic (exact) mass is 260 g/mol. The molecule has 6 nitrogen and oxygen atoms in total. The lowest BCUT2D eigenvalue weighted by molar-refractivity contribution is -0.136. The Kier molecular flexibility index (Phi) is 3.33. The van der Waals surface area contributed by atoms with Crippen molar-refractivity contribution >= 4 is 5.97 Å². The lowest BCUT2D eigenvalue weighted by Crippen LogP contribution is -2.23. The first-order chi connectivity index (χ1) is 8.99. The minimum atomic E-state index is -1.13. The average Bonchev–Trinajstić information content (AvgIpc) is 2.33. The lowest BCUT2D eigenvalue weighted by atomic mass is 10.2. The van der Waals surface area contributed by atoms with Gasteiger partial charge in [0.25, 0.3) is 5.56 Å². The number of hydrogen-bond donors (Lipinski definition) is 2. The van der Waals surface area contributed by atoms with E-state index in [1.807, 2.05) is 19.1 Å². The van der Waals surface area contributed by atoms with Gasteiger partial charge in [-0.25, -0.2) is 0 Å². The summed E-state index contributed by atoms with van der Waals surface area (Å²) in [5.41, 5.74) is 0.819. The minimum absolute atomic E-state index is 0.0460. The quantitative estimate of drug-likeness (QED) is 0.854. The second kappa shape index (κ2) is 4.93. The fourth-order valence-electron chi connectivity index (χ4n) is 1.73. The number of carboxylic acids is 1. The van der Waals surface area contributed by atoms with Crippen LogP contribution in [-0.4, -0.2) is 26.0 Å². The van der Waals surface area contributed by atoms with Gasteiger partial charge in [-0.1, -0.05) is 18.2 Å². The molecule has 0 bridgehead atoms. The highest BCUT2D eigenvalue weighted by atomic mass is 16.4. The number of aliphatic carboxylic acids is 1. The van der Waals surface area contributed by atoms with Gasteiger partial charge in [0.1, 0.15) is 11.4 Å². The molecule has 0 unspecified atom stereocenters. The van der Waals surface area contributed by atoms with E-state index in [0.29, 0.717) is 5.69 Å². The Morgan fingerprint density at radius 2 is 2.05 bits per heavy atom. The molecule has 2 aromatic rings. The minimum Gasteiger partial charge on any atom is -0.506 e. The summed E-state index contributed by atoms with van der Waals surface area (Å²) in [7, 11) is 0. The standard InChI is InChI=1S/C13H12N2O4/c1-8-4-2-3-5-10(8)15-12(17)7-11(16)9(14-15)6-13(18)19/h2-5,7,16H,6H2,1H3,(H,18,19). The van der Waals surface area contributed by atoms with Crippen LogP contribution in [0.5, 0.6) is 5.75 Å². The maximum absolute atomic E-state index is 11.8. The molecule has 1 aromatic carbocycles. The van der Waals surface area contributed by atoms with Gasteiger partial charge in [-0.2, -0.15) is 9.78 Å². The van der Waals surface area contributed by atoms with Crippen molar-refractivity contribution in [2.45, 2.75) is 13.3 Å². The van der Waals surface area contributed by atoms with Crippen molar-refractivity contribution < 1.29 is 15.0 Å². The molecule has 1 aromatic heterocycles. The molecule has 1 heterocycles. The van der Waals surface area contributed by atoms with E-state index in [1.54, 1.807) is 12.1 Å². The Morgan fingerprint density at radius 3 is 2.68 bits per heavy atom. The third kappa shape index (κ3) is 2.62. The number of benzene rings is 1. The predicted molar refractivity (Wildman–Crippen MR) is 67.6 cm³/mol. The second-order valence-electron chi connectivity index (χ2n) is 4.08. The van der Waals surface area contributed by atoms with Gasteiger partial charge in [0.05, 0.1) is 12.1 Å². The molecular weight excluding hydrogens is 248 g/mol. The molecule has 0 atom stereocenters. The Hall–Kier alpha value is -2.63. The number of aryl methyl sites for hydroxylation is 1. The zero-order valence-corrected chi connectivity index (χ0v) is 10.2.